The van der Waals surface area contributed by atoms with Gasteiger partial charge in [0, 0.05) is 13.0 Å². The Hall–Kier alpha value is -1.98. The van der Waals surface area contributed by atoms with E-state index in [1.165, 1.54) is 17.0 Å². The van der Waals surface area contributed by atoms with Crippen LogP contribution in [-0.2, 0) is 16.0 Å². The maximum atomic E-state index is 13.4. The number of rotatable bonds is 7. The molecule has 0 radical (unpaired) electrons. The zero-order valence-corrected chi connectivity index (χ0v) is 11.2. The zero-order valence-electron chi connectivity index (χ0n) is 11.2. The van der Waals surface area contributed by atoms with Crippen LogP contribution in [0.3, 0.4) is 0 Å². The Kier molecular flexibility index (Phi) is 6.09. The third-order valence-electron chi connectivity index (χ3n) is 2.81. The summed E-state index contributed by atoms with van der Waals surface area (Å²) in [5.74, 6) is -3.38. The van der Waals surface area contributed by atoms with Crippen LogP contribution in [0.5, 0.6) is 0 Å². The lowest BCUT2D eigenvalue weighted by Crippen LogP contribution is -2.36. The molecule has 20 heavy (non-hydrogen) atoms. The van der Waals surface area contributed by atoms with E-state index in [0.29, 0.717) is 13.0 Å². The molecule has 0 atom stereocenters. The molecule has 6 heteroatoms. The lowest BCUT2D eigenvalue weighted by molar-refractivity contribution is -0.144. The van der Waals surface area contributed by atoms with Gasteiger partial charge < -0.3 is 10.0 Å². The van der Waals surface area contributed by atoms with Crippen LogP contribution in [0.1, 0.15) is 25.3 Å². The molecule has 4 nitrogen and oxygen atoms in total. The molecule has 1 aromatic rings. The largest absolute Gasteiger partial charge is 0.480 e. The highest BCUT2D eigenvalue weighted by Gasteiger charge is 2.17. The van der Waals surface area contributed by atoms with Gasteiger partial charge in [0.05, 0.1) is 0 Å². The smallest absolute Gasteiger partial charge is 0.323 e. The van der Waals surface area contributed by atoms with E-state index in [2.05, 4.69) is 0 Å². The Morgan fingerprint density at radius 3 is 2.60 bits per heavy atom. The first-order valence-electron chi connectivity index (χ1n) is 6.38. The van der Waals surface area contributed by atoms with Crippen LogP contribution in [0.4, 0.5) is 8.78 Å². The van der Waals surface area contributed by atoms with Crippen molar-refractivity contribution in [3.05, 3.63) is 35.4 Å². The number of carboxylic acids is 1. The van der Waals surface area contributed by atoms with Gasteiger partial charge in [-0.1, -0.05) is 19.1 Å². The van der Waals surface area contributed by atoms with E-state index in [0.717, 1.165) is 6.07 Å². The SMILES string of the molecule is CCCN(CC(=O)O)C(=O)CCc1cccc(F)c1F. The van der Waals surface area contributed by atoms with Crippen molar-refractivity contribution in [3.63, 3.8) is 0 Å². The number of hydrogen-bond donors (Lipinski definition) is 1. The van der Waals surface area contributed by atoms with Gasteiger partial charge in [0.2, 0.25) is 5.91 Å². The first kappa shape index (κ1) is 16.1. The number of hydrogen-bond acceptors (Lipinski definition) is 2. The van der Waals surface area contributed by atoms with Crippen molar-refractivity contribution >= 4 is 11.9 Å². The lowest BCUT2D eigenvalue weighted by Gasteiger charge is -2.19. The van der Waals surface area contributed by atoms with Crippen LogP contribution in [0, 0.1) is 11.6 Å². The summed E-state index contributed by atoms with van der Waals surface area (Å²) in [6.07, 6.45) is 0.628. The molecule has 0 aromatic heterocycles. The van der Waals surface area contributed by atoms with E-state index in [1.807, 2.05) is 6.92 Å². The lowest BCUT2D eigenvalue weighted by atomic mass is 10.1. The van der Waals surface area contributed by atoms with Crippen molar-refractivity contribution in [1.82, 2.24) is 4.90 Å². The number of aliphatic carboxylic acids is 1. The number of benzene rings is 1. The highest BCUT2D eigenvalue weighted by Crippen LogP contribution is 2.13. The Morgan fingerprint density at radius 2 is 2.00 bits per heavy atom. The number of amides is 1. The average Bonchev–Trinajstić information content (AvgIpc) is 2.39. The average molecular weight is 285 g/mol. The van der Waals surface area contributed by atoms with E-state index in [1.54, 1.807) is 0 Å². The van der Waals surface area contributed by atoms with Gasteiger partial charge in [-0.2, -0.15) is 0 Å². The number of carbonyl (C=O) groups excluding carboxylic acids is 1. The van der Waals surface area contributed by atoms with Crippen molar-refractivity contribution in [2.45, 2.75) is 26.2 Å². The van der Waals surface area contributed by atoms with Gasteiger partial charge in [0.25, 0.3) is 0 Å². The van der Waals surface area contributed by atoms with Crippen LogP contribution < -0.4 is 0 Å². The van der Waals surface area contributed by atoms with E-state index in [-0.39, 0.29) is 30.9 Å². The Morgan fingerprint density at radius 1 is 1.30 bits per heavy atom. The number of aryl methyl sites for hydroxylation is 1. The summed E-state index contributed by atoms with van der Waals surface area (Å²) in [5, 5.41) is 8.72. The molecule has 0 aliphatic rings. The maximum Gasteiger partial charge on any atom is 0.323 e. The van der Waals surface area contributed by atoms with Crippen LogP contribution in [0.2, 0.25) is 0 Å². The molecule has 0 saturated heterocycles. The highest BCUT2D eigenvalue weighted by molar-refractivity contribution is 5.81. The van der Waals surface area contributed by atoms with E-state index < -0.39 is 17.6 Å². The molecule has 0 aliphatic heterocycles. The summed E-state index contributed by atoms with van der Waals surface area (Å²) in [7, 11) is 0. The minimum atomic E-state index is -1.09. The topological polar surface area (TPSA) is 57.6 Å². The van der Waals surface area contributed by atoms with Crippen molar-refractivity contribution in [1.29, 1.82) is 0 Å². The zero-order chi connectivity index (χ0) is 15.1. The molecule has 0 saturated carbocycles. The van der Waals surface area contributed by atoms with Gasteiger partial charge in [-0.15, -0.1) is 0 Å². The minimum absolute atomic E-state index is 0.0439. The molecule has 0 bridgehead atoms. The molecule has 1 rings (SSSR count). The summed E-state index contributed by atoms with van der Waals surface area (Å²) in [5.41, 5.74) is 0.116. The second-order valence-corrected chi connectivity index (χ2v) is 4.42. The fraction of sp³-hybridized carbons (Fsp3) is 0.429. The van der Waals surface area contributed by atoms with Gasteiger partial charge in [-0.3, -0.25) is 9.59 Å². The predicted octanol–water partition coefficient (Wildman–Crippen LogP) is 2.22. The molecule has 0 aliphatic carbocycles. The number of carbonyl (C=O) groups is 2. The van der Waals surface area contributed by atoms with E-state index in [9.17, 15) is 18.4 Å². The molecule has 110 valence electrons. The first-order chi connectivity index (χ1) is 9.45. The van der Waals surface area contributed by atoms with Gasteiger partial charge in [-0.25, -0.2) is 8.78 Å². The molecule has 0 fully saturated rings. The molecular formula is C14H17F2NO3. The van der Waals surface area contributed by atoms with Crippen molar-refractivity contribution in [3.8, 4) is 0 Å². The molecule has 1 amide bonds. The second kappa shape index (κ2) is 7.57. The predicted molar refractivity (Wildman–Crippen MR) is 69.2 cm³/mol. The van der Waals surface area contributed by atoms with Crippen LogP contribution in [0.15, 0.2) is 18.2 Å². The number of nitrogens with zero attached hydrogens (tertiary/aromatic N) is 1. The quantitative estimate of drug-likeness (QED) is 0.835. The van der Waals surface area contributed by atoms with Crippen LogP contribution >= 0.6 is 0 Å². The molecule has 1 aromatic carbocycles. The van der Waals surface area contributed by atoms with E-state index >= 15 is 0 Å². The van der Waals surface area contributed by atoms with Crippen LogP contribution in [0.25, 0.3) is 0 Å². The van der Waals surface area contributed by atoms with Crippen molar-refractivity contribution in [2.24, 2.45) is 0 Å². The third kappa shape index (κ3) is 4.60. The Labute approximate surface area is 116 Å². The molecular weight excluding hydrogens is 268 g/mol. The third-order valence-corrected chi connectivity index (χ3v) is 2.81. The summed E-state index contributed by atoms with van der Waals surface area (Å²) in [6, 6.07) is 3.79. The fourth-order valence-electron chi connectivity index (χ4n) is 1.87. The van der Waals surface area contributed by atoms with Gasteiger partial charge >= 0.3 is 5.97 Å². The second-order valence-electron chi connectivity index (χ2n) is 4.42. The standard InChI is InChI=1S/C14H17F2NO3/c1-2-8-17(9-13(19)20)12(18)7-6-10-4-3-5-11(15)14(10)16/h3-5H,2,6-9H2,1H3,(H,19,20). The normalized spacial score (nSPS) is 10.3. The monoisotopic (exact) mass is 285 g/mol. The summed E-state index contributed by atoms with van der Waals surface area (Å²) in [4.78, 5) is 23.8. The summed E-state index contributed by atoms with van der Waals surface area (Å²) in [6.45, 7) is 1.78. The van der Waals surface area contributed by atoms with Crippen LogP contribution in [-0.4, -0.2) is 35.0 Å². The number of halogens is 2. The summed E-state index contributed by atoms with van der Waals surface area (Å²) >= 11 is 0. The van der Waals surface area contributed by atoms with Gasteiger partial charge in [0.15, 0.2) is 11.6 Å². The highest BCUT2D eigenvalue weighted by atomic mass is 19.2. The summed E-state index contributed by atoms with van der Waals surface area (Å²) < 4.78 is 26.4. The fourth-order valence-corrected chi connectivity index (χ4v) is 1.87. The van der Waals surface area contributed by atoms with E-state index in [4.69, 9.17) is 5.11 Å². The first-order valence-corrected chi connectivity index (χ1v) is 6.38. The Balaban J connectivity index is 2.64. The van der Waals surface area contributed by atoms with Crippen molar-refractivity contribution in [2.75, 3.05) is 13.1 Å². The van der Waals surface area contributed by atoms with Crippen molar-refractivity contribution < 1.29 is 23.5 Å². The molecule has 0 unspecified atom stereocenters. The number of carboxylic acid groups (broad SMARTS) is 1. The van der Waals surface area contributed by atoms with Gasteiger partial charge in [-0.05, 0) is 24.5 Å². The molecule has 0 spiro atoms. The Bertz CT molecular complexity index is 491. The maximum absolute atomic E-state index is 13.4. The van der Waals surface area contributed by atoms with Gasteiger partial charge in [0.1, 0.15) is 6.54 Å². The molecule has 1 N–H and O–H groups in total. The minimum Gasteiger partial charge on any atom is -0.480 e. The molecule has 0 heterocycles.